The number of hydrogen-bond donors (Lipinski definition) is 2. The van der Waals surface area contributed by atoms with Gasteiger partial charge in [0, 0.05) is 38.0 Å². The van der Waals surface area contributed by atoms with E-state index in [1.54, 1.807) is 32.2 Å². The molecule has 0 radical (unpaired) electrons. The van der Waals surface area contributed by atoms with Crippen molar-refractivity contribution in [2.24, 2.45) is 0 Å². The summed E-state index contributed by atoms with van der Waals surface area (Å²) in [6.45, 7) is 7.42. The molecule has 2 aromatic rings. The fourth-order valence-corrected chi connectivity index (χ4v) is 4.73. The largest absolute Gasteiger partial charge is 0.501 e. The molecular weight excluding hydrogens is 489 g/mol. The van der Waals surface area contributed by atoms with Crippen molar-refractivity contribution in [2.75, 3.05) is 19.3 Å². The molecule has 1 aromatic carbocycles. The van der Waals surface area contributed by atoms with Crippen LogP contribution in [0, 0.1) is 5.82 Å². The summed E-state index contributed by atoms with van der Waals surface area (Å²) in [6, 6.07) is 4.14. The number of rotatable bonds is 8. The molecule has 0 aliphatic carbocycles. The van der Waals surface area contributed by atoms with Gasteiger partial charge in [0.2, 0.25) is 5.75 Å². The molecule has 1 aromatic heterocycles. The predicted octanol–water partition coefficient (Wildman–Crippen LogP) is 2.72. The van der Waals surface area contributed by atoms with Crippen LogP contribution in [0.4, 0.5) is 9.18 Å². The number of urea groups is 1. The Kier molecular flexibility index (Phi) is 8.49. The third-order valence-electron chi connectivity index (χ3n) is 5.91. The zero-order valence-electron chi connectivity index (χ0n) is 21.0. The predicted molar refractivity (Wildman–Crippen MR) is 136 cm³/mol. The Balaban J connectivity index is 2.04. The van der Waals surface area contributed by atoms with E-state index in [1.165, 1.54) is 37.9 Å². The van der Waals surface area contributed by atoms with Crippen molar-refractivity contribution in [2.45, 2.75) is 58.8 Å². The molecule has 2 N–H and O–H groups in total. The molecule has 1 atom stereocenters. The number of amides is 3. The molecule has 0 fully saturated rings. The van der Waals surface area contributed by atoms with Gasteiger partial charge in [-0.3, -0.25) is 23.0 Å². The van der Waals surface area contributed by atoms with Gasteiger partial charge in [0.15, 0.2) is 5.69 Å². The van der Waals surface area contributed by atoms with Crippen molar-refractivity contribution >= 4 is 23.9 Å². The molecule has 3 amide bonds. The highest BCUT2D eigenvalue weighted by Gasteiger charge is 2.37. The van der Waals surface area contributed by atoms with Gasteiger partial charge in [0.25, 0.3) is 11.5 Å². The lowest BCUT2D eigenvalue weighted by Crippen LogP contribution is -2.52. The van der Waals surface area contributed by atoms with Crippen molar-refractivity contribution in [3.63, 3.8) is 0 Å². The van der Waals surface area contributed by atoms with Crippen LogP contribution < -0.4 is 16.6 Å². The summed E-state index contributed by atoms with van der Waals surface area (Å²) in [5, 5.41) is 13.6. The Morgan fingerprint density at radius 1 is 1.19 bits per heavy atom. The first-order chi connectivity index (χ1) is 17.0. The molecule has 0 saturated carbocycles. The second-order valence-corrected chi connectivity index (χ2v) is 10.1. The second-order valence-electron chi connectivity index (χ2n) is 9.26. The number of hydrogen-bond acceptors (Lipinski definition) is 6. The number of carbonyl (C=O) groups excluding carboxylic acids is 2. The minimum Gasteiger partial charge on any atom is -0.501 e. The third kappa shape index (κ3) is 5.58. The fraction of sp³-hybridized carbons (Fsp3) is 0.500. The van der Waals surface area contributed by atoms with Crippen LogP contribution in [-0.4, -0.2) is 60.8 Å². The van der Waals surface area contributed by atoms with E-state index < -0.39 is 40.8 Å². The number of nitrogens with zero attached hydrogens (tertiary/aromatic N) is 4. The first kappa shape index (κ1) is 27.3. The van der Waals surface area contributed by atoms with Crippen LogP contribution in [-0.2, 0) is 6.54 Å². The average Bonchev–Trinajstić information content (AvgIpc) is 2.80. The topological polar surface area (TPSA) is 117 Å². The molecular formula is C24H32FN5O5S. The van der Waals surface area contributed by atoms with E-state index in [0.29, 0.717) is 5.56 Å². The highest BCUT2D eigenvalue weighted by Crippen LogP contribution is 2.28. The van der Waals surface area contributed by atoms with E-state index in [0.717, 1.165) is 4.57 Å². The molecule has 3 rings (SSSR count). The Morgan fingerprint density at radius 2 is 1.83 bits per heavy atom. The van der Waals surface area contributed by atoms with Crippen LogP contribution >= 0.6 is 11.9 Å². The molecule has 36 heavy (non-hydrogen) atoms. The second kappa shape index (κ2) is 11.2. The van der Waals surface area contributed by atoms with Gasteiger partial charge in [0.05, 0.1) is 6.04 Å². The maximum Gasteiger partial charge on any atom is 0.332 e. The lowest BCUT2D eigenvalue weighted by atomic mass is 10.1. The minimum atomic E-state index is -0.931. The standard InChI is InChI=1S/C24H32FN5O5S/c1-14(2)26-23(34)28(36-5)11-10-18-13-27(12-16-6-8-17(25)9-7-16)21(32)19-20(31)22(33)29(15(3)4)24(35)30(18)19/h6-9,14-15,18,31H,10-13H2,1-5H3,(H,26,34). The van der Waals surface area contributed by atoms with Gasteiger partial charge in [-0.2, -0.15) is 0 Å². The monoisotopic (exact) mass is 521 g/mol. The summed E-state index contributed by atoms with van der Waals surface area (Å²) < 4.78 is 17.0. The lowest BCUT2D eigenvalue weighted by Gasteiger charge is -2.37. The van der Waals surface area contributed by atoms with Gasteiger partial charge in [-0.05, 0) is 63.8 Å². The first-order valence-corrected chi connectivity index (χ1v) is 12.9. The molecule has 1 aliphatic rings. The minimum absolute atomic E-state index is 0.0635. The fourth-order valence-electron chi connectivity index (χ4n) is 4.22. The molecule has 1 unspecified atom stereocenters. The van der Waals surface area contributed by atoms with Gasteiger partial charge in [-0.15, -0.1) is 0 Å². The number of carbonyl (C=O) groups is 2. The average molecular weight is 522 g/mol. The smallest absolute Gasteiger partial charge is 0.332 e. The van der Waals surface area contributed by atoms with Gasteiger partial charge in [-0.1, -0.05) is 12.1 Å². The highest BCUT2D eigenvalue weighted by molar-refractivity contribution is 7.96. The third-order valence-corrected chi connectivity index (χ3v) is 6.70. The van der Waals surface area contributed by atoms with Crippen molar-refractivity contribution in [1.29, 1.82) is 0 Å². The number of nitrogens with one attached hydrogen (secondary N) is 1. The molecule has 0 bridgehead atoms. The Morgan fingerprint density at radius 3 is 2.39 bits per heavy atom. The Bertz CT molecular complexity index is 1240. The summed E-state index contributed by atoms with van der Waals surface area (Å²) >= 11 is 1.23. The summed E-state index contributed by atoms with van der Waals surface area (Å²) in [5.74, 6) is -1.87. The van der Waals surface area contributed by atoms with Crippen LogP contribution in [0.2, 0.25) is 0 Å². The van der Waals surface area contributed by atoms with Gasteiger partial charge in [-0.25, -0.2) is 14.0 Å². The van der Waals surface area contributed by atoms with Gasteiger partial charge in [0.1, 0.15) is 5.82 Å². The number of halogens is 1. The summed E-state index contributed by atoms with van der Waals surface area (Å²) in [7, 11) is 0. The molecule has 0 saturated heterocycles. The van der Waals surface area contributed by atoms with Crippen LogP contribution in [0.25, 0.3) is 0 Å². The van der Waals surface area contributed by atoms with Crippen molar-refractivity contribution in [3.05, 3.63) is 62.2 Å². The van der Waals surface area contributed by atoms with Crippen LogP contribution in [0.3, 0.4) is 0 Å². The van der Waals surface area contributed by atoms with E-state index in [4.69, 9.17) is 0 Å². The first-order valence-electron chi connectivity index (χ1n) is 11.7. The normalized spacial score (nSPS) is 15.4. The zero-order valence-corrected chi connectivity index (χ0v) is 21.8. The molecule has 1 aliphatic heterocycles. The van der Waals surface area contributed by atoms with E-state index >= 15 is 0 Å². The summed E-state index contributed by atoms with van der Waals surface area (Å²) in [6.07, 6.45) is 2.04. The van der Waals surface area contributed by atoms with Crippen LogP contribution in [0.1, 0.15) is 62.3 Å². The number of aromatic hydroxyl groups is 1. The maximum atomic E-state index is 13.4. The van der Waals surface area contributed by atoms with E-state index in [-0.39, 0.29) is 43.8 Å². The van der Waals surface area contributed by atoms with Crippen LogP contribution in [0.5, 0.6) is 5.75 Å². The molecule has 0 spiro atoms. The molecule has 2 heterocycles. The Labute approximate surface area is 212 Å². The van der Waals surface area contributed by atoms with Gasteiger partial charge < -0.3 is 15.3 Å². The lowest BCUT2D eigenvalue weighted by molar-refractivity contribution is 0.0627. The maximum absolute atomic E-state index is 13.4. The molecule has 12 heteroatoms. The number of aromatic nitrogens is 2. The van der Waals surface area contributed by atoms with Crippen LogP contribution in [0.15, 0.2) is 33.9 Å². The highest BCUT2D eigenvalue weighted by atomic mass is 32.2. The van der Waals surface area contributed by atoms with Crippen molar-refractivity contribution < 1.29 is 19.1 Å². The SMILES string of the molecule is CSN(CCC1CN(Cc2ccc(F)cc2)C(=O)c2c(O)c(=O)n(C(C)C)c(=O)n21)C(=O)NC(C)C. The Hall–Kier alpha value is -3.28. The quantitative estimate of drug-likeness (QED) is 0.516. The van der Waals surface area contributed by atoms with Crippen molar-refractivity contribution in [3.8, 4) is 5.75 Å². The van der Waals surface area contributed by atoms with E-state index in [1.807, 2.05) is 13.8 Å². The summed E-state index contributed by atoms with van der Waals surface area (Å²) in [4.78, 5) is 53.5. The summed E-state index contributed by atoms with van der Waals surface area (Å²) in [5.41, 5.74) is -1.34. The van der Waals surface area contributed by atoms with E-state index in [2.05, 4.69) is 5.32 Å². The molecule has 196 valence electrons. The number of fused-ring (bicyclic) bond motifs is 1. The van der Waals surface area contributed by atoms with Crippen molar-refractivity contribution in [1.82, 2.24) is 23.7 Å². The molecule has 10 nitrogen and oxygen atoms in total. The number of benzene rings is 1. The zero-order chi connectivity index (χ0) is 26.7. The van der Waals surface area contributed by atoms with Gasteiger partial charge >= 0.3 is 11.7 Å². The van der Waals surface area contributed by atoms with E-state index in [9.17, 15) is 28.7 Å².